The van der Waals surface area contributed by atoms with Crippen molar-refractivity contribution in [2.24, 2.45) is 7.05 Å². The molecule has 3 heterocycles. The first-order valence-electron chi connectivity index (χ1n) is 8.14. The highest BCUT2D eigenvalue weighted by Gasteiger charge is 2.31. The molecular formula is C16H23N5O. The van der Waals surface area contributed by atoms with Crippen LogP contribution < -0.4 is 4.90 Å². The summed E-state index contributed by atoms with van der Waals surface area (Å²) in [5.41, 5.74) is 3.03. The summed E-state index contributed by atoms with van der Waals surface area (Å²) in [7, 11) is 1.98. The quantitative estimate of drug-likeness (QED) is 0.851. The largest absolute Gasteiger partial charge is 0.372 e. The van der Waals surface area contributed by atoms with Crippen LogP contribution in [0.4, 0.5) is 5.82 Å². The van der Waals surface area contributed by atoms with E-state index >= 15 is 0 Å². The predicted octanol–water partition coefficient (Wildman–Crippen LogP) is 2.16. The summed E-state index contributed by atoms with van der Waals surface area (Å²) in [5.74, 6) is 2.56. The Morgan fingerprint density at radius 1 is 1.09 bits per heavy atom. The maximum Gasteiger partial charge on any atom is 0.158 e. The van der Waals surface area contributed by atoms with E-state index in [0.717, 1.165) is 41.5 Å². The fourth-order valence-electron chi connectivity index (χ4n) is 3.43. The Morgan fingerprint density at radius 3 is 2.41 bits per heavy atom. The third-order valence-electron chi connectivity index (χ3n) is 4.51. The summed E-state index contributed by atoms with van der Waals surface area (Å²) in [6.45, 7) is 8.00. The van der Waals surface area contributed by atoms with Crippen molar-refractivity contribution in [1.82, 2.24) is 19.7 Å². The lowest BCUT2D eigenvalue weighted by atomic mass is 10.2. The molecule has 22 heavy (non-hydrogen) atoms. The number of nitrogens with zero attached hydrogens (tertiary/aromatic N) is 5. The molecule has 2 aromatic heterocycles. The van der Waals surface area contributed by atoms with Gasteiger partial charge in [-0.3, -0.25) is 4.68 Å². The Kier molecular flexibility index (Phi) is 3.11. The molecule has 6 heteroatoms. The monoisotopic (exact) mass is 301 g/mol. The van der Waals surface area contributed by atoms with Crippen LogP contribution in [-0.4, -0.2) is 45.0 Å². The van der Waals surface area contributed by atoms with Crippen LogP contribution in [0.3, 0.4) is 0 Å². The standard InChI is InChI=1S/C16H23N5O/c1-9-7-21(8-10(2)22-9)16-14-13(11(3)19-20(14)4)17-15(18-16)12-5-6-12/h9-10,12H,5-8H2,1-4H3/t9-,10-/m0/s1. The number of aromatic nitrogens is 4. The fraction of sp³-hybridized carbons (Fsp3) is 0.688. The van der Waals surface area contributed by atoms with E-state index < -0.39 is 0 Å². The van der Waals surface area contributed by atoms with Crippen LogP contribution >= 0.6 is 0 Å². The van der Waals surface area contributed by atoms with Gasteiger partial charge in [0.1, 0.15) is 16.9 Å². The Balaban J connectivity index is 1.87. The van der Waals surface area contributed by atoms with E-state index in [-0.39, 0.29) is 12.2 Å². The highest BCUT2D eigenvalue weighted by molar-refractivity contribution is 5.88. The second-order valence-electron chi connectivity index (χ2n) is 6.75. The van der Waals surface area contributed by atoms with Crippen molar-refractivity contribution >= 4 is 16.9 Å². The molecule has 4 rings (SSSR count). The zero-order chi connectivity index (χ0) is 15.4. The maximum absolute atomic E-state index is 5.87. The minimum atomic E-state index is 0.215. The lowest BCUT2D eigenvalue weighted by molar-refractivity contribution is -0.00540. The molecule has 2 fully saturated rings. The Bertz CT molecular complexity index is 711. The minimum absolute atomic E-state index is 0.215. The molecule has 0 N–H and O–H groups in total. The third kappa shape index (κ3) is 2.26. The molecule has 6 nitrogen and oxygen atoms in total. The Morgan fingerprint density at radius 2 is 1.77 bits per heavy atom. The third-order valence-corrected chi connectivity index (χ3v) is 4.51. The van der Waals surface area contributed by atoms with Crippen molar-refractivity contribution in [3.8, 4) is 0 Å². The van der Waals surface area contributed by atoms with E-state index in [2.05, 4.69) is 23.8 Å². The van der Waals surface area contributed by atoms with Gasteiger partial charge in [-0.15, -0.1) is 0 Å². The first kappa shape index (κ1) is 13.9. The summed E-state index contributed by atoms with van der Waals surface area (Å²) >= 11 is 0. The molecule has 0 amide bonds. The molecule has 118 valence electrons. The van der Waals surface area contributed by atoms with Gasteiger partial charge in [0, 0.05) is 26.1 Å². The van der Waals surface area contributed by atoms with Crippen LogP contribution in [0.1, 0.15) is 44.1 Å². The van der Waals surface area contributed by atoms with Gasteiger partial charge in [-0.05, 0) is 33.6 Å². The number of aryl methyl sites for hydroxylation is 2. The summed E-state index contributed by atoms with van der Waals surface area (Å²) in [6, 6.07) is 0. The molecule has 0 unspecified atom stereocenters. The smallest absolute Gasteiger partial charge is 0.158 e. The molecule has 2 atom stereocenters. The highest BCUT2D eigenvalue weighted by Crippen LogP contribution is 2.40. The first-order valence-corrected chi connectivity index (χ1v) is 8.14. The Hall–Kier alpha value is -1.69. The average Bonchev–Trinajstić information content (AvgIpc) is 3.25. The lowest BCUT2D eigenvalue weighted by Crippen LogP contribution is -2.46. The van der Waals surface area contributed by atoms with Crippen molar-refractivity contribution in [1.29, 1.82) is 0 Å². The fourth-order valence-corrected chi connectivity index (χ4v) is 3.43. The number of hydrogen-bond acceptors (Lipinski definition) is 5. The SMILES string of the molecule is Cc1nn(C)c2c(N3C[C@H](C)O[C@@H](C)C3)nc(C3CC3)nc12. The predicted molar refractivity (Wildman–Crippen MR) is 85.2 cm³/mol. The van der Waals surface area contributed by atoms with Gasteiger partial charge in [0.25, 0.3) is 0 Å². The number of morpholine rings is 1. The molecule has 1 saturated heterocycles. The first-order chi connectivity index (χ1) is 10.5. The van der Waals surface area contributed by atoms with Crippen LogP contribution in [0.5, 0.6) is 0 Å². The van der Waals surface area contributed by atoms with Gasteiger partial charge >= 0.3 is 0 Å². The van der Waals surface area contributed by atoms with Crippen LogP contribution in [0, 0.1) is 6.92 Å². The van der Waals surface area contributed by atoms with E-state index in [1.807, 2.05) is 18.7 Å². The topological polar surface area (TPSA) is 56.1 Å². The zero-order valence-electron chi connectivity index (χ0n) is 13.7. The van der Waals surface area contributed by atoms with E-state index in [0.29, 0.717) is 5.92 Å². The summed E-state index contributed by atoms with van der Waals surface area (Å²) in [5, 5.41) is 4.56. The number of hydrogen-bond donors (Lipinski definition) is 0. The van der Waals surface area contributed by atoms with Crippen molar-refractivity contribution in [2.75, 3.05) is 18.0 Å². The van der Waals surface area contributed by atoms with E-state index in [1.165, 1.54) is 12.8 Å². The summed E-state index contributed by atoms with van der Waals surface area (Å²) in [6.07, 6.45) is 2.85. The van der Waals surface area contributed by atoms with Gasteiger partial charge in [0.15, 0.2) is 5.82 Å². The van der Waals surface area contributed by atoms with Gasteiger partial charge < -0.3 is 9.64 Å². The molecule has 0 spiro atoms. The molecule has 1 aliphatic heterocycles. The van der Waals surface area contributed by atoms with Crippen LogP contribution in [0.15, 0.2) is 0 Å². The highest BCUT2D eigenvalue weighted by atomic mass is 16.5. The molecule has 1 saturated carbocycles. The van der Waals surface area contributed by atoms with Crippen molar-refractivity contribution in [3.63, 3.8) is 0 Å². The maximum atomic E-state index is 5.87. The number of rotatable bonds is 2. The van der Waals surface area contributed by atoms with Crippen molar-refractivity contribution in [3.05, 3.63) is 11.5 Å². The minimum Gasteiger partial charge on any atom is -0.372 e. The molecule has 1 aliphatic carbocycles. The van der Waals surface area contributed by atoms with E-state index in [1.54, 1.807) is 0 Å². The summed E-state index contributed by atoms with van der Waals surface area (Å²) in [4.78, 5) is 12.1. The van der Waals surface area contributed by atoms with Gasteiger partial charge in [-0.25, -0.2) is 9.97 Å². The van der Waals surface area contributed by atoms with Gasteiger partial charge in [-0.1, -0.05) is 0 Å². The van der Waals surface area contributed by atoms with Crippen LogP contribution in [-0.2, 0) is 11.8 Å². The molecule has 2 aromatic rings. The summed E-state index contributed by atoms with van der Waals surface area (Å²) < 4.78 is 7.79. The van der Waals surface area contributed by atoms with Crippen molar-refractivity contribution < 1.29 is 4.74 Å². The normalized spacial score (nSPS) is 25.9. The molecule has 0 radical (unpaired) electrons. The van der Waals surface area contributed by atoms with E-state index in [4.69, 9.17) is 14.7 Å². The van der Waals surface area contributed by atoms with Crippen LogP contribution in [0.25, 0.3) is 11.0 Å². The molecule has 0 aromatic carbocycles. The molecule has 2 aliphatic rings. The zero-order valence-corrected chi connectivity index (χ0v) is 13.7. The van der Waals surface area contributed by atoms with Crippen LogP contribution in [0.2, 0.25) is 0 Å². The molecular weight excluding hydrogens is 278 g/mol. The number of ether oxygens (including phenoxy) is 1. The van der Waals surface area contributed by atoms with Crippen molar-refractivity contribution in [2.45, 2.75) is 51.7 Å². The van der Waals surface area contributed by atoms with Gasteiger partial charge in [-0.2, -0.15) is 5.10 Å². The number of fused-ring (bicyclic) bond motifs is 1. The molecule has 0 bridgehead atoms. The second-order valence-corrected chi connectivity index (χ2v) is 6.75. The lowest BCUT2D eigenvalue weighted by Gasteiger charge is -2.36. The second kappa shape index (κ2) is 4.91. The number of anilines is 1. The van der Waals surface area contributed by atoms with Gasteiger partial charge in [0.2, 0.25) is 0 Å². The average molecular weight is 301 g/mol. The van der Waals surface area contributed by atoms with E-state index in [9.17, 15) is 0 Å². The Labute approximate surface area is 130 Å². The van der Waals surface area contributed by atoms with Gasteiger partial charge in [0.05, 0.1) is 17.9 Å².